The summed E-state index contributed by atoms with van der Waals surface area (Å²) in [6.07, 6.45) is 0. The molecule has 1 amide bonds. The topological polar surface area (TPSA) is 55.4 Å². The summed E-state index contributed by atoms with van der Waals surface area (Å²) >= 11 is 0. The molecule has 126 valence electrons. The first kappa shape index (κ1) is 17.7. The molecule has 4 heteroatoms. The first-order valence-electron chi connectivity index (χ1n) is 8.04. The zero-order valence-corrected chi connectivity index (χ0v) is 14.3. The van der Waals surface area contributed by atoms with Gasteiger partial charge in [-0.15, -0.1) is 0 Å². The van der Waals surface area contributed by atoms with Crippen molar-refractivity contribution in [3.05, 3.63) is 70.8 Å². The van der Waals surface area contributed by atoms with Gasteiger partial charge in [0.2, 0.25) is 0 Å². The number of hydrogen-bond acceptors (Lipinski definition) is 3. The summed E-state index contributed by atoms with van der Waals surface area (Å²) in [4.78, 5) is 24.0. The number of benzene rings is 2. The van der Waals surface area contributed by atoms with Gasteiger partial charge in [0.1, 0.15) is 0 Å². The van der Waals surface area contributed by atoms with Crippen LogP contribution in [0.1, 0.15) is 39.9 Å². The number of ether oxygens (including phenoxy) is 1. The number of esters is 1. The Morgan fingerprint density at radius 1 is 1.04 bits per heavy atom. The zero-order chi connectivity index (χ0) is 17.5. The molecule has 4 nitrogen and oxygen atoms in total. The van der Waals surface area contributed by atoms with Gasteiger partial charge < -0.3 is 10.1 Å². The predicted molar refractivity (Wildman–Crippen MR) is 94.1 cm³/mol. The van der Waals surface area contributed by atoms with Crippen molar-refractivity contribution >= 4 is 11.9 Å². The molecule has 0 saturated heterocycles. The third kappa shape index (κ3) is 4.69. The summed E-state index contributed by atoms with van der Waals surface area (Å²) in [5.74, 6) is -0.566. The maximum absolute atomic E-state index is 12.1. The normalized spacial score (nSPS) is 11.6. The van der Waals surface area contributed by atoms with E-state index in [4.69, 9.17) is 4.74 Å². The molecule has 0 aromatic heterocycles. The summed E-state index contributed by atoms with van der Waals surface area (Å²) in [6, 6.07) is 15.4. The highest BCUT2D eigenvalue weighted by atomic mass is 16.5. The zero-order valence-electron chi connectivity index (χ0n) is 14.3. The van der Waals surface area contributed by atoms with E-state index in [1.807, 2.05) is 57.2 Å². The molecule has 1 atom stereocenters. The Balaban J connectivity index is 1.81. The molecule has 2 aromatic rings. The molecule has 0 bridgehead atoms. The van der Waals surface area contributed by atoms with Crippen LogP contribution in [0.3, 0.4) is 0 Å². The van der Waals surface area contributed by atoms with E-state index in [1.165, 1.54) is 0 Å². The number of carbonyl (C=O) groups is 2. The van der Waals surface area contributed by atoms with Crippen LogP contribution in [0.2, 0.25) is 0 Å². The van der Waals surface area contributed by atoms with Gasteiger partial charge in [0.05, 0.1) is 5.56 Å². The number of aryl methyl sites for hydroxylation is 1. The van der Waals surface area contributed by atoms with Crippen molar-refractivity contribution in [3.8, 4) is 0 Å². The van der Waals surface area contributed by atoms with Gasteiger partial charge in [-0.3, -0.25) is 4.79 Å². The SMILES string of the molecule is Cc1cccc(C(=O)OCC(=O)NC[C@@H](C)c2ccccc2)c1C. The summed E-state index contributed by atoms with van der Waals surface area (Å²) < 4.78 is 5.11. The van der Waals surface area contributed by atoms with Gasteiger partial charge >= 0.3 is 5.97 Å². The molecule has 0 spiro atoms. The Kier molecular flexibility index (Phi) is 6.13. The van der Waals surface area contributed by atoms with E-state index in [2.05, 4.69) is 5.32 Å². The Morgan fingerprint density at radius 3 is 2.46 bits per heavy atom. The Labute approximate surface area is 142 Å². The van der Waals surface area contributed by atoms with Crippen molar-refractivity contribution in [2.45, 2.75) is 26.7 Å². The van der Waals surface area contributed by atoms with Crippen LogP contribution in [0.5, 0.6) is 0 Å². The van der Waals surface area contributed by atoms with Crippen molar-refractivity contribution in [3.63, 3.8) is 0 Å². The van der Waals surface area contributed by atoms with Gasteiger partial charge in [-0.25, -0.2) is 4.79 Å². The maximum Gasteiger partial charge on any atom is 0.338 e. The number of hydrogen-bond donors (Lipinski definition) is 1. The smallest absolute Gasteiger partial charge is 0.338 e. The molecule has 0 heterocycles. The summed E-state index contributed by atoms with van der Waals surface area (Å²) in [6.45, 7) is 6.08. The summed E-state index contributed by atoms with van der Waals surface area (Å²) in [5.41, 5.74) is 3.55. The van der Waals surface area contributed by atoms with Crippen LogP contribution in [0.25, 0.3) is 0 Å². The van der Waals surface area contributed by atoms with E-state index >= 15 is 0 Å². The Morgan fingerprint density at radius 2 is 1.75 bits per heavy atom. The van der Waals surface area contributed by atoms with Crippen LogP contribution >= 0.6 is 0 Å². The van der Waals surface area contributed by atoms with E-state index in [1.54, 1.807) is 12.1 Å². The van der Waals surface area contributed by atoms with Crippen LogP contribution in [-0.4, -0.2) is 25.0 Å². The molecule has 2 rings (SSSR count). The largest absolute Gasteiger partial charge is 0.452 e. The van der Waals surface area contributed by atoms with Gasteiger partial charge in [-0.05, 0) is 42.5 Å². The van der Waals surface area contributed by atoms with Crippen LogP contribution in [-0.2, 0) is 9.53 Å². The molecule has 1 N–H and O–H groups in total. The van der Waals surface area contributed by atoms with Crippen molar-refractivity contribution in [1.29, 1.82) is 0 Å². The van der Waals surface area contributed by atoms with Crippen molar-refractivity contribution in [2.24, 2.45) is 0 Å². The quantitative estimate of drug-likeness (QED) is 0.828. The minimum atomic E-state index is -0.470. The van der Waals surface area contributed by atoms with Crippen molar-refractivity contribution < 1.29 is 14.3 Å². The fourth-order valence-corrected chi connectivity index (χ4v) is 2.40. The lowest BCUT2D eigenvalue weighted by Gasteiger charge is -2.13. The number of rotatable bonds is 6. The maximum atomic E-state index is 12.1. The molecule has 0 radical (unpaired) electrons. The van der Waals surface area contributed by atoms with E-state index in [-0.39, 0.29) is 18.4 Å². The molecule has 0 unspecified atom stereocenters. The molecular formula is C20H23NO3. The van der Waals surface area contributed by atoms with Gasteiger partial charge in [-0.1, -0.05) is 49.4 Å². The van der Waals surface area contributed by atoms with E-state index < -0.39 is 5.97 Å². The fraction of sp³-hybridized carbons (Fsp3) is 0.300. The highest BCUT2D eigenvalue weighted by Crippen LogP contribution is 2.14. The number of nitrogens with one attached hydrogen (secondary N) is 1. The second-order valence-electron chi connectivity index (χ2n) is 5.94. The fourth-order valence-electron chi connectivity index (χ4n) is 2.40. The molecule has 0 saturated carbocycles. The molecule has 0 aliphatic rings. The average molecular weight is 325 g/mol. The molecular weight excluding hydrogens is 302 g/mol. The van der Waals surface area contributed by atoms with Crippen LogP contribution < -0.4 is 5.32 Å². The van der Waals surface area contributed by atoms with Gasteiger partial charge in [0.25, 0.3) is 5.91 Å². The lowest BCUT2D eigenvalue weighted by atomic mass is 10.0. The number of carbonyl (C=O) groups excluding carboxylic acids is 2. The highest BCUT2D eigenvalue weighted by molar-refractivity contribution is 5.93. The monoisotopic (exact) mass is 325 g/mol. The third-order valence-corrected chi connectivity index (χ3v) is 4.13. The summed E-state index contributed by atoms with van der Waals surface area (Å²) in [5, 5.41) is 2.80. The Bertz CT molecular complexity index is 710. The van der Waals surface area contributed by atoms with Crippen LogP contribution in [0.4, 0.5) is 0 Å². The van der Waals surface area contributed by atoms with Crippen molar-refractivity contribution in [1.82, 2.24) is 5.32 Å². The second kappa shape index (κ2) is 8.29. The first-order chi connectivity index (χ1) is 11.5. The molecule has 0 aliphatic carbocycles. The predicted octanol–water partition coefficient (Wildman–Crippen LogP) is 3.38. The number of amides is 1. The van der Waals surface area contributed by atoms with Gasteiger partial charge in [-0.2, -0.15) is 0 Å². The molecule has 0 fully saturated rings. The minimum absolute atomic E-state index is 0.199. The minimum Gasteiger partial charge on any atom is -0.452 e. The lowest BCUT2D eigenvalue weighted by Crippen LogP contribution is -2.31. The molecule has 2 aromatic carbocycles. The van der Waals surface area contributed by atoms with E-state index in [0.717, 1.165) is 16.7 Å². The second-order valence-corrected chi connectivity index (χ2v) is 5.94. The van der Waals surface area contributed by atoms with Gasteiger partial charge in [0, 0.05) is 6.54 Å². The van der Waals surface area contributed by atoms with Gasteiger partial charge in [0.15, 0.2) is 6.61 Å². The molecule has 0 aliphatic heterocycles. The lowest BCUT2D eigenvalue weighted by molar-refractivity contribution is -0.124. The molecule has 24 heavy (non-hydrogen) atoms. The van der Waals surface area contributed by atoms with Crippen LogP contribution in [0.15, 0.2) is 48.5 Å². The average Bonchev–Trinajstić information content (AvgIpc) is 2.60. The van der Waals surface area contributed by atoms with E-state index in [0.29, 0.717) is 12.1 Å². The first-order valence-corrected chi connectivity index (χ1v) is 8.04. The Hall–Kier alpha value is -2.62. The van der Waals surface area contributed by atoms with E-state index in [9.17, 15) is 9.59 Å². The highest BCUT2D eigenvalue weighted by Gasteiger charge is 2.14. The van der Waals surface area contributed by atoms with Crippen LogP contribution in [0, 0.1) is 13.8 Å². The third-order valence-electron chi connectivity index (χ3n) is 4.13. The summed E-state index contributed by atoms with van der Waals surface area (Å²) in [7, 11) is 0. The standard InChI is InChI=1S/C20H23NO3/c1-14-8-7-11-18(16(14)3)20(23)24-13-19(22)21-12-15(2)17-9-5-4-6-10-17/h4-11,15H,12-13H2,1-3H3,(H,21,22)/t15-/m1/s1. The van der Waals surface area contributed by atoms with Crippen molar-refractivity contribution in [2.75, 3.05) is 13.2 Å².